The fourth-order valence-corrected chi connectivity index (χ4v) is 1.95. The van der Waals surface area contributed by atoms with E-state index in [1.165, 1.54) is 11.1 Å². The van der Waals surface area contributed by atoms with Crippen molar-refractivity contribution in [2.45, 2.75) is 20.0 Å². The molecule has 16 heavy (non-hydrogen) atoms. The van der Waals surface area contributed by atoms with Gasteiger partial charge in [0, 0.05) is 13.1 Å². The summed E-state index contributed by atoms with van der Waals surface area (Å²) in [5, 5.41) is 3.33. The van der Waals surface area contributed by atoms with Crippen LogP contribution in [0, 0.1) is 13.8 Å². The molecule has 1 aromatic heterocycles. The average Bonchev–Trinajstić information content (AvgIpc) is 2.33. The van der Waals surface area contributed by atoms with Crippen LogP contribution in [0.5, 0.6) is 0 Å². The van der Waals surface area contributed by atoms with Crippen LogP contribution in [0.4, 0.5) is 0 Å². The van der Waals surface area contributed by atoms with E-state index in [1.54, 1.807) is 6.08 Å². The molecule has 0 bridgehead atoms. The molecule has 1 aliphatic heterocycles. The summed E-state index contributed by atoms with van der Waals surface area (Å²) in [4.78, 5) is 4.59. The Balaban J connectivity index is 2.37. The van der Waals surface area contributed by atoms with Crippen molar-refractivity contribution >= 4 is 6.08 Å². The maximum atomic E-state index is 5.74. The number of aryl methyl sites for hydroxylation is 1. The predicted molar refractivity (Wildman–Crippen MR) is 65.4 cm³/mol. The molecule has 1 fully saturated rings. The van der Waals surface area contributed by atoms with Crippen molar-refractivity contribution in [2.24, 2.45) is 0 Å². The quantitative estimate of drug-likeness (QED) is 0.824. The molecule has 0 radical (unpaired) electrons. The van der Waals surface area contributed by atoms with Crippen molar-refractivity contribution in [1.82, 2.24) is 10.3 Å². The lowest BCUT2D eigenvalue weighted by atomic mass is 10.0. The molecule has 1 unspecified atom stereocenters. The van der Waals surface area contributed by atoms with Gasteiger partial charge in [0.25, 0.3) is 0 Å². The first-order valence-corrected chi connectivity index (χ1v) is 5.65. The number of aromatic nitrogens is 1. The summed E-state index contributed by atoms with van der Waals surface area (Å²) in [5.74, 6) is 0. The lowest BCUT2D eigenvalue weighted by Crippen LogP contribution is -2.34. The SMILES string of the molecule is C=Cc1cc(C)c(C)c(C2CNCCO2)n1. The van der Waals surface area contributed by atoms with Crippen molar-refractivity contribution in [3.05, 3.63) is 35.2 Å². The van der Waals surface area contributed by atoms with Crippen molar-refractivity contribution in [3.63, 3.8) is 0 Å². The van der Waals surface area contributed by atoms with E-state index in [0.29, 0.717) is 0 Å². The van der Waals surface area contributed by atoms with Gasteiger partial charge in [-0.05, 0) is 37.1 Å². The lowest BCUT2D eigenvalue weighted by molar-refractivity contribution is 0.0245. The standard InChI is InChI=1S/C13H18N2O/c1-4-11-7-9(2)10(3)13(15-11)12-8-14-5-6-16-12/h4,7,12,14H,1,5-6,8H2,2-3H3. The molecule has 1 atom stereocenters. The molecule has 0 saturated carbocycles. The fraction of sp³-hybridized carbons (Fsp3) is 0.462. The molecule has 0 aliphatic carbocycles. The van der Waals surface area contributed by atoms with E-state index in [1.807, 2.05) is 0 Å². The van der Waals surface area contributed by atoms with Crippen LogP contribution in [0.1, 0.15) is 28.6 Å². The van der Waals surface area contributed by atoms with E-state index in [0.717, 1.165) is 31.1 Å². The van der Waals surface area contributed by atoms with Crippen molar-refractivity contribution < 1.29 is 4.74 Å². The molecule has 3 nitrogen and oxygen atoms in total. The zero-order valence-corrected chi connectivity index (χ0v) is 9.92. The van der Waals surface area contributed by atoms with Gasteiger partial charge in [-0.1, -0.05) is 6.58 Å². The Hall–Kier alpha value is -1.19. The first kappa shape index (κ1) is 11.3. The maximum Gasteiger partial charge on any atom is 0.112 e. The third kappa shape index (κ3) is 2.15. The number of pyridine rings is 1. The average molecular weight is 218 g/mol. The van der Waals surface area contributed by atoms with Crippen LogP contribution >= 0.6 is 0 Å². The van der Waals surface area contributed by atoms with E-state index in [2.05, 4.69) is 36.8 Å². The number of hydrogen-bond acceptors (Lipinski definition) is 3. The molecular formula is C13H18N2O. The summed E-state index contributed by atoms with van der Waals surface area (Å²) in [6.45, 7) is 10.5. The Kier molecular flexibility index (Phi) is 3.36. The molecule has 2 rings (SSSR count). The summed E-state index contributed by atoms with van der Waals surface area (Å²) < 4.78 is 5.74. The minimum Gasteiger partial charge on any atom is -0.369 e. The second-order valence-electron chi connectivity index (χ2n) is 4.14. The lowest BCUT2D eigenvalue weighted by Gasteiger charge is -2.25. The fourth-order valence-electron chi connectivity index (χ4n) is 1.95. The Morgan fingerprint density at radius 1 is 1.56 bits per heavy atom. The van der Waals surface area contributed by atoms with Crippen LogP contribution in [0.3, 0.4) is 0 Å². The number of nitrogens with zero attached hydrogens (tertiary/aromatic N) is 1. The topological polar surface area (TPSA) is 34.1 Å². The van der Waals surface area contributed by atoms with Crippen molar-refractivity contribution in [1.29, 1.82) is 0 Å². The normalized spacial score (nSPS) is 20.8. The number of hydrogen-bond donors (Lipinski definition) is 1. The molecule has 3 heteroatoms. The summed E-state index contributed by atoms with van der Waals surface area (Å²) in [5.41, 5.74) is 4.43. The van der Waals surface area contributed by atoms with Crippen LogP contribution in [-0.2, 0) is 4.74 Å². The molecule has 86 valence electrons. The van der Waals surface area contributed by atoms with Crippen molar-refractivity contribution in [3.8, 4) is 0 Å². The van der Waals surface area contributed by atoms with E-state index in [9.17, 15) is 0 Å². The third-order valence-electron chi connectivity index (χ3n) is 3.03. The highest BCUT2D eigenvalue weighted by molar-refractivity contribution is 5.46. The molecule has 2 heterocycles. The molecule has 0 spiro atoms. The van der Waals surface area contributed by atoms with Gasteiger partial charge in [0.1, 0.15) is 6.10 Å². The van der Waals surface area contributed by atoms with Gasteiger partial charge >= 0.3 is 0 Å². The largest absolute Gasteiger partial charge is 0.369 e. The summed E-state index contributed by atoms with van der Waals surface area (Å²) in [6, 6.07) is 2.06. The van der Waals surface area contributed by atoms with Crippen LogP contribution in [0.2, 0.25) is 0 Å². The third-order valence-corrected chi connectivity index (χ3v) is 3.03. The van der Waals surface area contributed by atoms with Gasteiger partial charge in [-0.25, -0.2) is 0 Å². The smallest absolute Gasteiger partial charge is 0.112 e. The number of rotatable bonds is 2. The molecule has 0 aromatic carbocycles. The van der Waals surface area contributed by atoms with Crippen LogP contribution in [0.25, 0.3) is 6.08 Å². The minimum absolute atomic E-state index is 0.0762. The summed E-state index contributed by atoms with van der Waals surface area (Å²) in [6.07, 6.45) is 1.86. The highest BCUT2D eigenvalue weighted by atomic mass is 16.5. The Morgan fingerprint density at radius 2 is 2.38 bits per heavy atom. The molecule has 1 aromatic rings. The highest BCUT2D eigenvalue weighted by Crippen LogP contribution is 2.23. The van der Waals surface area contributed by atoms with E-state index in [4.69, 9.17) is 4.74 Å². The second kappa shape index (κ2) is 4.76. The first-order chi connectivity index (χ1) is 7.72. The number of morpholine rings is 1. The minimum atomic E-state index is 0.0762. The number of nitrogens with one attached hydrogen (secondary N) is 1. The van der Waals surface area contributed by atoms with Crippen LogP contribution < -0.4 is 5.32 Å². The Bertz CT molecular complexity index is 395. The molecule has 1 N–H and O–H groups in total. The molecule has 1 saturated heterocycles. The van der Waals surface area contributed by atoms with E-state index >= 15 is 0 Å². The number of ether oxygens (including phenoxy) is 1. The molecule has 0 amide bonds. The van der Waals surface area contributed by atoms with Gasteiger partial charge in [0.15, 0.2) is 0 Å². The van der Waals surface area contributed by atoms with Gasteiger partial charge in [0.05, 0.1) is 18.0 Å². The second-order valence-corrected chi connectivity index (χ2v) is 4.14. The Labute approximate surface area is 96.5 Å². The Morgan fingerprint density at radius 3 is 3.00 bits per heavy atom. The monoisotopic (exact) mass is 218 g/mol. The zero-order valence-electron chi connectivity index (χ0n) is 9.92. The van der Waals surface area contributed by atoms with Gasteiger partial charge in [-0.3, -0.25) is 4.98 Å². The first-order valence-electron chi connectivity index (χ1n) is 5.65. The van der Waals surface area contributed by atoms with Gasteiger partial charge in [-0.15, -0.1) is 0 Å². The van der Waals surface area contributed by atoms with Gasteiger partial charge in [0.2, 0.25) is 0 Å². The van der Waals surface area contributed by atoms with Gasteiger partial charge < -0.3 is 10.1 Å². The molecular weight excluding hydrogens is 200 g/mol. The maximum absolute atomic E-state index is 5.74. The van der Waals surface area contributed by atoms with E-state index < -0.39 is 0 Å². The molecule has 1 aliphatic rings. The predicted octanol–water partition coefficient (Wildman–Crippen LogP) is 2.00. The highest BCUT2D eigenvalue weighted by Gasteiger charge is 2.20. The van der Waals surface area contributed by atoms with Crippen LogP contribution in [0.15, 0.2) is 12.6 Å². The van der Waals surface area contributed by atoms with Crippen molar-refractivity contribution in [2.75, 3.05) is 19.7 Å². The van der Waals surface area contributed by atoms with Gasteiger partial charge in [-0.2, -0.15) is 0 Å². The zero-order chi connectivity index (χ0) is 11.5. The summed E-state index contributed by atoms with van der Waals surface area (Å²) in [7, 11) is 0. The summed E-state index contributed by atoms with van der Waals surface area (Å²) >= 11 is 0. The van der Waals surface area contributed by atoms with E-state index in [-0.39, 0.29) is 6.10 Å². The van der Waals surface area contributed by atoms with Crippen LogP contribution in [-0.4, -0.2) is 24.7 Å².